The molecule has 0 aliphatic carbocycles. The highest BCUT2D eigenvalue weighted by Gasteiger charge is 2.26. The van der Waals surface area contributed by atoms with E-state index in [1.165, 1.54) is 18.0 Å². The zero-order chi connectivity index (χ0) is 18.5. The van der Waals surface area contributed by atoms with Gasteiger partial charge in [0.05, 0.1) is 6.54 Å². The molecule has 0 unspecified atom stereocenters. The van der Waals surface area contributed by atoms with Crippen LogP contribution in [0.25, 0.3) is 11.2 Å². The number of aromatic nitrogens is 4. The molecule has 0 amide bonds. The summed E-state index contributed by atoms with van der Waals surface area (Å²) in [5.74, 6) is 2.19. The number of likely N-dealkylation sites (tertiary alicyclic amines) is 1. The van der Waals surface area contributed by atoms with Gasteiger partial charge in [0.15, 0.2) is 11.2 Å². The first-order chi connectivity index (χ1) is 11.7. The van der Waals surface area contributed by atoms with Crippen LogP contribution < -0.4 is 11.2 Å². The van der Waals surface area contributed by atoms with E-state index in [0.29, 0.717) is 29.5 Å². The molecular formula is C18H29N5O2. The van der Waals surface area contributed by atoms with E-state index in [1.807, 2.05) is 4.57 Å². The summed E-state index contributed by atoms with van der Waals surface area (Å²) in [6.45, 7) is 11.5. The molecule has 0 saturated carbocycles. The van der Waals surface area contributed by atoms with Crippen LogP contribution in [0.3, 0.4) is 0 Å². The largest absolute Gasteiger partial charge is 0.332 e. The maximum Gasteiger partial charge on any atom is 0.332 e. The Morgan fingerprint density at radius 3 is 2.24 bits per heavy atom. The Balaban J connectivity index is 2.14. The minimum Gasteiger partial charge on any atom is -0.318 e. The molecule has 25 heavy (non-hydrogen) atoms. The molecule has 0 spiro atoms. The Hall–Kier alpha value is -1.89. The summed E-state index contributed by atoms with van der Waals surface area (Å²) in [4.78, 5) is 32.1. The molecule has 0 aromatic carbocycles. The Morgan fingerprint density at radius 2 is 1.68 bits per heavy atom. The quantitative estimate of drug-likeness (QED) is 0.844. The summed E-state index contributed by atoms with van der Waals surface area (Å²) in [5, 5.41) is 0. The molecule has 1 saturated heterocycles. The highest BCUT2D eigenvalue weighted by Crippen LogP contribution is 2.24. The molecular weight excluding hydrogens is 318 g/mol. The molecule has 2 aromatic heterocycles. The summed E-state index contributed by atoms with van der Waals surface area (Å²) in [6, 6.07) is 0.102. The van der Waals surface area contributed by atoms with E-state index in [-0.39, 0.29) is 17.3 Å². The van der Waals surface area contributed by atoms with Gasteiger partial charge in [0.2, 0.25) is 0 Å². The minimum absolute atomic E-state index is 0.102. The van der Waals surface area contributed by atoms with Gasteiger partial charge >= 0.3 is 5.69 Å². The van der Waals surface area contributed by atoms with Crippen LogP contribution in [-0.4, -0.2) is 36.7 Å². The highest BCUT2D eigenvalue weighted by atomic mass is 16.2. The van der Waals surface area contributed by atoms with E-state index in [0.717, 1.165) is 23.5 Å². The van der Waals surface area contributed by atoms with Crippen molar-refractivity contribution < 1.29 is 0 Å². The molecule has 1 fully saturated rings. The van der Waals surface area contributed by atoms with Gasteiger partial charge in [-0.25, -0.2) is 9.78 Å². The summed E-state index contributed by atoms with van der Waals surface area (Å²) in [7, 11) is 3.20. The summed E-state index contributed by atoms with van der Waals surface area (Å²) < 4.78 is 4.64. The molecule has 7 heteroatoms. The number of fused-ring (bicyclic) bond motifs is 1. The first-order valence-electron chi connectivity index (χ1n) is 9.09. The molecule has 0 N–H and O–H groups in total. The molecule has 2 aromatic rings. The number of piperidine rings is 1. The molecule has 1 aliphatic heterocycles. The lowest BCUT2D eigenvalue weighted by Crippen LogP contribution is -2.39. The van der Waals surface area contributed by atoms with Gasteiger partial charge in [0.25, 0.3) is 5.56 Å². The molecule has 138 valence electrons. The molecule has 7 nitrogen and oxygen atoms in total. The molecule has 0 bridgehead atoms. The topological polar surface area (TPSA) is 65.1 Å². The molecule has 0 radical (unpaired) electrons. The lowest BCUT2D eigenvalue weighted by molar-refractivity contribution is 0.130. The van der Waals surface area contributed by atoms with Crippen LogP contribution in [0.1, 0.15) is 46.0 Å². The Labute approximate surface area is 147 Å². The SMILES string of the molecule is CC(C)n1c(CN2C[C@H](C)C[C@@H](C)C2)nc2c1c(=O)n(C)c(=O)n2C. The third kappa shape index (κ3) is 3.05. The number of imidazole rings is 1. The fourth-order valence-electron chi connectivity index (χ4n) is 4.25. The van der Waals surface area contributed by atoms with E-state index in [9.17, 15) is 9.59 Å². The van der Waals surface area contributed by atoms with Gasteiger partial charge in [-0.2, -0.15) is 0 Å². The van der Waals surface area contributed by atoms with Crippen LogP contribution in [0.15, 0.2) is 9.59 Å². The second-order valence-corrected chi connectivity index (χ2v) is 8.01. The van der Waals surface area contributed by atoms with Crippen molar-refractivity contribution >= 4 is 11.2 Å². The standard InChI is InChI=1S/C18H29N5O2/c1-11(2)23-14(10-22-8-12(3)7-13(4)9-22)19-16-15(23)17(24)21(6)18(25)20(16)5/h11-13H,7-10H2,1-6H3/t12-,13-/m1/s1. The van der Waals surface area contributed by atoms with Gasteiger partial charge in [0.1, 0.15) is 5.82 Å². The number of rotatable bonds is 3. The predicted molar refractivity (Wildman–Crippen MR) is 98.8 cm³/mol. The van der Waals surface area contributed by atoms with E-state index in [4.69, 9.17) is 4.98 Å². The molecule has 1 aliphatic rings. The molecule has 2 atom stereocenters. The van der Waals surface area contributed by atoms with Gasteiger partial charge in [-0.3, -0.25) is 18.8 Å². The highest BCUT2D eigenvalue weighted by molar-refractivity contribution is 5.71. The third-order valence-corrected chi connectivity index (χ3v) is 5.19. The summed E-state index contributed by atoms with van der Waals surface area (Å²) in [5.41, 5.74) is 0.395. The van der Waals surface area contributed by atoms with Crippen LogP contribution in [0.2, 0.25) is 0 Å². The van der Waals surface area contributed by atoms with E-state index < -0.39 is 0 Å². The van der Waals surface area contributed by atoms with Gasteiger partial charge < -0.3 is 4.57 Å². The number of aryl methyl sites for hydroxylation is 1. The van der Waals surface area contributed by atoms with E-state index >= 15 is 0 Å². The molecule has 3 rings (SSSR count). The smallest absolute Gasteiger partial charge is 0.318 e. The van der Waals surface area contributed by atoms with E-state index in [2.05, 4.69) is 32.6 Å². The zero-order valence-electron chi connectivity index (χ0n) is 16.1. The van der Waals surface area contributed by atoms with Gasteiger partial charge in [0, 0.05) is 33.2 Å². The van der Waals surface area contributed by atoms with Crippen molar-refractivity contribution in [2.24, 2.45) is 25.9 Å². The van der Waals surface area contributed by atoms with Crippen LogP contribution >= 0.6 is 0 Å². The van der Waals surface area contributed by atoms with Crippen molar-refractivity contribution in [3.63, 3.8) is 0 Å². The maximum atomic E-state index is 12.7. The fourth-order valence-corrected chi connectivity index (χ4v) is 4.25. The Kier molecular flexibility index (Phi) is 4.62. The van der Waals surface area contributed by atoms with Crippen molar-refractivity contribution in [1.29, 1.82) is 0 Å². The lowest BCUT2D eigenvalue weighted by Gasteiger charge is -2.34. The van der Waals surface area contributed by atoms with Crippen molar-refractivity contribution in [2.45, 2.75) is 46.7 Å². The van der Waals surface area contributed by atoms with Crippen LogP contribution in [0.4, 0.5) is 0 Å². The van der Waals surface area contributed by atoms with E-state index in [1.54, 1.807) is 7.05 Å². The zero-order valence-corrected chi connectivity index (χ0v) is 16.1. The van der Waals surface area contributed by atoms with Crippen molar-refractivity contribution in [3.8, 4) is 0 Å². The monoisotopic (exact) mass is 347 g/mol. The van der Waals surface area contributed by atoms with Crippen LogP contribution in [0, 0.1) is 11.8 Å². The second-order valence-electron chi connectivity index (χ2n) is 8.01. The predicted octanol–water partition coefficient (Wildman–Crippen LogP) is 1.49. The normalized spacial score (nSPS) is 22.2. The van der Waals surface area contributed by atoms with Crippen LogP contribution in [-0.2, 0) is 20.6 Å². The second kappa shape index (κ2) is 6.44. The maximum absolute atomic E-state index is 12.7. The van der Waals surface area contributed by atoms with Crippen LogP contribution in [0.5, 0.6) is 0 Å². The van der Waals surface area contributed by atoms with Crippen molar-refractivity contribution in [2.75, 3.05) is 13.1 Å². The van der Waals surface area contributed by atoms with Crippen molar-refractivity contribution in [1.82, 2.24) is 23.6 Å². The third-order valence-electron chi connectivity index (χ3n) is 5.19. The lowest BCUT2D eigenvalue weighted by atomic mass is 9.92. The fraction of sp³-hybridized carbons (Fsp3) is 0.722. The minimum atomic E-state index is -0.335. The number of nitrogens with zero attached hydrogens (tertiary/aromatic N) is 5. The Bertz CT molecular complexity index is 895. The average molecular weight is 347 g/mol. The average Bonchev–Trinajstić information content (AvgIpc) is 2.89. The summed E-state index contributed by atoms with van der Waals surface area (Å²) >= 11 is 0. The Morgan fingerprint density at radius 1 is 1.08 bits per heavy atom. The number of hydrogen-bond donors (Lipinski definition) is 0. The summed E-state index contributed by atoms with van der Waals surface area (Å²) in [6.07, 6.45) is 1.26. The number of hydrogen-bond acceptors (Lipinski definition) is 4. The first-order valence-corrected chi connectivity index (χ1v) is 9.09. The van der Waals surface area contributed by atoms with Crippen molar-refractivity contribution in [3.05, 3.63) is 26.7 Å². The van der Waals surface area contributed by atoms with Gasteiger partial charge in [-0.1, -0.05) is 13.8 Å². The van der Waals surface area contributed by atoms with Gasteiger partial charge in [-0.05, 0) is 32.1 Å². The molecule has 3 heterocycles. The van der Waals surface area contributed by atoms with Gasteiger partial charge in [-0.15, -0.1) is 0 Å². The first kappa shape index (κ1) is 17.9.